The molecule has 6 heteroatoms. The van der Waals surface area contributed by atoms with E-state index in [0.29, 0.717) is 13.1 Å². The standard InChI is InChI=1S/C22H25N3O3/c1-14-11-15-12-17(14)20-19(15)21(27)25(22(20)28)13-18(26)24-9-7-23(8-10-24)16-5-3-2-4-6-16/h2-6,11,15,17,19-20H,7-10,12-13H2,1H3/t15-,17+,19+,20+/m0/s1. The fourth-order valence-corrected chi connectivity index (χ4v) is 5.58. The zero-order valence-electron chi connectivity index (χ0n) is 16.1. The molecule has 0 radical (unpaired) electrons. The van der Waals surface area contributed by atoms with Crippen molar-refractivity contribution in [3.8, 4) is 0 Å². The Labute approximate surface area is 164 Å². The summed E-state index contributed by atoms with van der Waals surface area (Å²) in [6, 6.07) is 10.2. The summed E-state index contributed by atoms with van der Waals surface area (Å²) >= 11 is 0. The van der Waals surface area contributed by atoms with E-state index >= 15 is 0 Å². The number of anilines is 1. The molecule has 4 aliphatic rings. The highest BCUT2D eigenvalue weighted by atomic mass is 16.2. The maximum Gasteiger partial charge on any atom is 0.242 e. The van der Waals surface area contributed by atoms with Crippen LogP contribution in [0.4, 0.5) is 5.69 Å². The number of nitrogens with zero attached hydrogens (tertiary/aromatic N) is 3. The fourth-order valence-electron chi connectivity index (χ4n) is 5.58. The number of hydrogen-bond donors (Lipinski definition) is 0. The molecule has 0 unspecified atom stereocenters. The Morgan fingerprint density at radius 1 is 1.00 bits per heavy atom. The molecule has 1 saturated carbocycles. The first-order valence-electron chi connectivity index (χ1n) is 10.2. The van der Waals surface area contributed by atoms with Gasteiger partial charge in [0.2, 0.25) is 17.7 Å². The Bertz CT molecular complexity index is 857. The van der Waals surface area contributed by atoms with Crippen LogP contribution in [0.2, 0.25) is 0 Å². The number of carbonyl (C=O) groups is 3. The summed E-state index contributed by atoms with van der Waals surface area (Å²) in [5.41, 5.74) is 2.39. The highest BCUT2D eigenvalue weighted by Gasteiger charge is 2.60. The molecule has 2 aliphatic heterocycles. The summed E-state index contributed by atoms with van der Waals surface area (Å²) in [5.74, 6) is -0.476. The number of imide groups is 1. The van der Waals surface area contributed by atoms with Crippen LogP contribution < -0.4 is 4.90 Å². The topological polar surface area (TPSA) is 60.9 Å². The highest BCUT2D eigenvalue weighted by Crippen LogP contribution is 2.55. The van der Waals surface area contributed by atoms with Crippen molar-refractivity contribution in [2.75, 3.05) is 37.6 Å². The summed E-state index contributed by atoms with van der Waals surface area (Å²) in [6.07, 6.45) is 3.08. The van der Waals surface area contributed by atoms with Gasteiger partial charge in [0, 0.05) is 31.9 Å². The van der Waals surface area contributed by atoms with Gasteiger partial charge < -0.3 is 9.80 Å². The smallest absolute Gasteiger partial charge is 0.242 e. The third kappa shape index (κ3) is 2.58. The van der Waals surface area contributed by atoms with Gasteiger partial charge in [0.1, 0.15) is 6.54 Å². The number of para-hydroxylation sites is 1. The molecule has 146 valence electrons. The number of benzene rings is 1. The van der Waals surface area contributed by atoms with Gasteiger partial charge in [-0.15, -0.1) is 0 Å². The van der Waals surface area contributed by atoms with Crippen molar-refractivity contribution in [2.45, 2.75) is 13.3 Å². The van der Waals surface area contributed by atoms with Gasteiger partial charge in [-0.25, -0.2) is 0 Å². The van der Waals surface area contributed by atoms with Crippen LogP contribution in [0.5, 0.6) is 0 Å². The van der Waals surface area contributed by atoms with Crippen LogP contribution in [0.1, 0.15) is 13.3 Å². The predicted molar refractivity (Wildman–Crippen MR) is 104 cm³/mol. The lowest BCUT2D eigenvalue weighted by Crippen LogP contribution is -2.52. The summed E-state index contributed by atoms with van der Waals surface area (Å²) in [5, 5.41) is 0. The van der Waals surface area contributed by atoms with E-state index in [1.165, 1.54) is 10.5 Å². The van der Waals surface area contributed by atoms with E-state index in [1.54, 1.807) is 4.90 Å². The van der Waals surface area contributed by atoms with Gasteiger partial charge in [-0.2, -0.15) is 0 Å². The molecular weight excluding hydrogens is 354 g/mol. The number of amides is 3. The molecule has 28 heavy (non-hydrogen) atoms. The maximum absolute atomic E-state index is 12.9. The third-order valence-electron chi connectivity index (χ3n) is 7.02. The molecule has 2 heterocycles. The average Bonchev–Trinajstić information content (AvgIpc) is 3.35. The second kappa shape index (κ2) is 6.47. The molecule has 1 aromatic rings. The Morgan fingerprint density at radius 3 is 2.39 bits per heavy atom. The Balaban J connectivity index is 1.21. The lowest BCUT2D eigenvalue weighted by Gasteiger charge is -2.36. The first-order chi connectivity index (χ1) is 13.5. The van der Waals surface area contributed by atoms with Gasteiger partial charge in [-0.3, -0.25) is 19.3 Å². The minimum absolute atomic E-state index is 0.103. The van der Waals surface area contributed by atoms with Crippen molar-refractivity contribution in [1.82, 2.24) is 9.80 Å². The van der Waals surface area contributed by atoms with E-state index < -0.39 is 0 Å². The minimum atomic E-state index is -0.232. The molecular formula is C22H25N3O3. The van der Waals surface area contributed by atoms with E-state index in [2.05, 4.69) is 30.0 Å². The van der Waals surface area contributed by atoms with Gasteiger partial charge >= 0.3 is 0 Å². The van der Waals surface area contributed by atoms with Gasteiger partial charge in [0.05, 0.1) is 11.8 Å². The molecule has 2 aliphatic carbocycles. The number of rotatable bonds is 3. The lowest BCUT2D eigenvalue weighted by molar-refractivity contribution is -0.147. The van der Waals surface area contributed by atoms with Crippen LogP contribution in [0.15, 0.2) is 42.0 Å². The van der Waals surface area contributed by atoms with Crippen LogP contribution in [-0.4, -0.2) is 60.2 Å². The number of carbonyl (C=O) groups excluding carboxylic acids is 3. The molecule has 3 amide bonds. The second-order valence-electron chi connectivity index (χ2n) is 8.43. The molecule has 0 spiro atoms. The zero-order valence-corrected chi connectivity index (χ0v) is 16.1. The summed E-state index contributed by atoms with van der Waals surface area (Å²) in [4.78, 5) is 43.8. The second-order valence-corrected chi connectivity index (χ2v) is 8.43. The highest BCUT2D eigenvalue weighted by molar-refractivity contribution is 6.08. The van der Waals surface area contributed by atoms with E-state index in [-0.39, 0.29) is 47.9 Å². The largest absolute Gasteiger partial charge is 0.368 e. The van der Waals surface area contributed by atoms with Crippen LogP contribution >= 0.6 is 0 Å². The minimum Gasteiger partial charge on any atom is -0.368 e. The van der Waals surface area contributed by atoms with E-state index in [1.807, 2.05) is 18.2 Å². The van der Waals surface area contributed by atoms with E-state index in [9.17, 15) is 14.4 Å². The SMILES string of the molecule is CC1=C[C@H]2C[C@H]1[C@H]1C(=O)N(CC(=O)N3CCN(c4ccccc4)CC3)C(=O)[C@@H]12. The van der Waals surface area contributed by atoms with Crippen LogP contribution in [0, 0.1) is 23.7 Å². The monoisotopic (exact) mass is 379 g/mol. The Kier molecular flexibility index (Phi) is 4.03. The van der Waals surface area contributed by atoms with Crippen molar-refractivity contribution in [2.24, 2.45) is 23.7 Å². The molecule has 2 saturated heterocycles. The normalized spacial score (nSPS) is 31.5. The number of piperazine rings is 1. The van der Waals surface area contributed by atoms with E-state index in [4.69, 9.17) is 0 Å². The lowest BCUT2D eigenvalue weighted by atomic mass is 9.82. The quantitative estimate of drug-likeness (QED) is 0.590. The number of fused-ring (bicyclic) bond motifs is 5. The van der Waals surface area contributed by atoms with Gasteiger partial charge in [0.15, 0.2) is 0 Å². The van der Waals surface area contributed by atoms with E-state index in [0.717, 1.165) is 25.2 Å². The first-order valence-corrected chi connectivity index (χ1v) is 10.2. The molecule has 6 nitrogen and oxygen atoms in total. The Hall–Kier alpha value is -2.63. The fraction of sp³-hybridized carbons (Fsp3) is 0.500. The predicted octanol–water partition coefficient (Wildman–Crippen LogP) is 1.53. The van der Waals surface area contributed by atoms with Gasteiger partial charge in [-0.1, -0.05) is 29.8 Å². The van der Waals surface area contributed by atoms with Gasteiger partial charge in [-0.05, 0) is 37.3 Å². The van der Waals surface area contributed by atoms with Crippen LogP contribution in [0.25, 0.3) is 0 Å². The molecule has 0 aromatic heterocycles. The van der Waals surface area contributed by atoms with Gasteiger partial charge in [0.25, 0.3) is 0 Å². The van der Waals surface area contributed by atoms with Crippen molar-refractivity contribution in [3.05, 3.63) is 42.0 Å². The summed E-state index contributed by atoms with van der Waals surface area (Å²) < 4.78 is 0. The molecule has 4 atom stereocenters. The number of likely N-dealkylation sites (tertiary alicyclic amines) is 1. The summed E-state index contributed by atoms with van der Waals surface area (Å²) in [6.45, 7) is 4.70. The van der Waals surface area contributed by atoms with Crippen molar-refractivity contribution in [1.29, 1.82) is 0 Å². The molecule has 3 fully saturated rings. The maximum atomic E-state index is 12.9. The van der Waals surface area contributed by atoms with Crippen molar-refractivity contribution >= 4 is 23.4 Å². The van der Waals surface area contributed by atoms with Crippen molar-refractivity contribution in [3.63, 3.8) is 0 Å². The van der Waals surface area contributed by atoms with Crippen LogP contribution in [-0.2, 0) is 14.4 Å². The molecule has 5 rings (SSSR count). The molecule has 1 aromatic carbocycles. The molecule has 0 N–H and O–H groups in total. The van der Waals surface area contributed by atoms with Crippen LogP contribution in [0.3, 0.4) is 0 Å². The summed E-state index contributed by atoms with van der Waals surface area (Å²) in [7, 11) is 0. The molecule has 2 bridgehead atoms. The first kappa shape index (κ1) is 17.5. The number of allylic oxidation sites excluding steroid dienone is 2. The zero-order chi connectivity index (χ0) is 19.4. The third-order valence-corrected chi connectivity index (χ3v) is 7.02. The number of hydrogen-bond acceptors (Lipinski definition) is 4. The van der Waals surface area contributed by atoms with Crippen molar-refractivity contribution < 1.29 is 14.4 Å². The average molecular weight is 379 g/mol. The Morgan fingerprint density at radius 2 is 1.68 bits per heavy atom.